The Morgan fingerprint density at radius 3 is 2.56 bits per heavy atom. The Balaban J connectivity index is 1.51. The maximum atomic E-state index is 13.0. The van der Waals surface area contributed by atoms with Crippen LogP contribution in [0.3, 0.4) is 0 Å². The van der Waals surface area contributed by atoms with Crippen LogP contribution in [0.15, 0.2) is 48.5 Å². The van der Waals surface area contributed by atoms with E-state index in [4.69, 9.17) is 4.98 Å². The van der Waals surface area contributed by atoms with Gasteiger partial charge >= 0.3 is 0 Å². The maximum absolute atomic E-state index is 13.0. The summed E-state index contributed by atoms with van der Waals surface area (Å²) in [5.41, 5.74) is 4.17. The third-order valence-corrected chi connectivity index (χ3v) is 5.50. The number of rotatable bonds is 2. The number of carbonyl (C=O) groups is 1. The second kappa shape index (κ2) is 6.84. The number of likely N-dealkylation sites (tertiary alicyclic amines) is 1. The number of amides is 1. The van der Waals surface area contributed by atoms with Gasteiger partial charge in [-0.1, -0.05) is 45.0 Å². The molecule has 1 saturated heterocycles. The van der Waals surface area contributed by atoms with Gasteiger partial charge in [-0.15, -0.1) is 0 Å². The number of aromatic nitrogens is 2. The van der Waals surface area contributed by atoms with Gasteiger partial charge in [0.05, 0.1) is 11.0 Å². The number of carbonyl (C=O) groups excluding carboxylic acids is 1. The number of piperidine rings is 1. The molecule has 0 saturated carbocycles. The van der Waals surface area contributed by atoms with Crippen LogP contribution < -0.4 is 0 Å². The van der Waals surface area contributed by atoms with E-state index >= 15 is 0 Å². The fourth-order valence-electron chi connectivity index (χ4n) is 3.85. The fraction of sp³-hybridized carbons (Fsp3) is 0.391. The molecule has 4 nitrogen and oxygen atoms in total. The number of fused-ring (bicyclic) bond motifs is 1. The first kappa shape index (κ1) is 17.8. The molecule has 0 radical (unpaired) electrons. The Bertz CT molecular complexity index is 917. The van der Waals surface area contributed by atoms with E-state index in [1.54, 1.807) is 0 Å². The molecule has 2 aromatic carbocycles. The minimum Gasteiger partial charge on any atom is -0.342 e. The smallest absolute Gasteiger partial charge is 0.253 e. The first-order valence-corrected chi connectivity index (χ1v) is 9.76. The number of H-pyrrole nitrogens is 1. The van der Waals surface area contributed by atoms with E-state index in [1.165, 1.54) is 5.56 Å². The average molecular weight is 361 g/mol. The monoisotopic (exact) mass is 361 g/mol. The summed E-state index contributed by atoms with van der Waals surface area (Å²) in [5, 5.41) is 0. The highest BCUT2D eigenvalue weighted by Crippen LogP contribution is 2.28. The molecule has 1 aliphatic heterocycles. The Hall–Kier alpha value is -2.62. The van der Waals surface area contributed by atoms with Crippen LogP contribution >= 0.6 is 0 Å². The highest BCUT2D eigenvalue weighted by atomic mass is 16.2. The van der Waals surface area contributed by atoms with Crippen molar-refractivity contribution in [3.8, 4) is 0 Å². The molecule has 1 amide bonds. The summed E-state index contributed by atoms with van der Waals surface area (Å²) in [4.78, 5) is 23.2. The van der Waals surface area contributed by atoms with Crippen LogP contribution in [0.5, 0.6) is 0 Å². The Morgan fingerprint density at radius 2 is 1.85 bits per heavy atom. The van der Waals surface area contributed by atoms with Crippen LogP contribution in [0.1, 0.15) is 61.3 Å². The van der Waals surface area contributed by atoms with Crippen molar-refractivity contribution in [1.82, 2.24) is 14.9 Å². The predicted octanol–water partition coefficient (Wildman–Crippen LogP) is 4.88. The van der Waals surface area contributed by atoms with E-state index < -0.39 is 0 Å². The van der Waals surface area contributed by atoms with E-state index in [9.17, 15) is 4.79 Å². The van der Waals surface area contributed by atoms with Crippen LogP contribution in [0.2, 0.25) is 0 Å². The average Bonchev–Trinajstić information content (AvgIpc) is 3.11. The Kier molecular flexibility index (Phi) is 4.50. The molecule has 0 bridgehead atoms. The molecule has 4 heteroatoms. The molecule has 27 heavy (non-hydrogen) atoms. The number of nitrogens with zero attached hydrogens (tertiary/aromatic N) is 2. The minimum absolute atomic E-state index is 0.0963. The van der Waals surface area contributed by atoms with Crippen molar-refractivity contribution in [2.75, 3.05) is 13.1 Å². The molecular formula is C23H27N3O. The topological polar surface area (TPSA) is 49.0 Å². The molecule has 4 rings (SSSR count). The lowest BCUT2D eigenvalue weighted by Crippen LogP contribution is -2.39. The normalized spacial score (nSPS) is 18.0. The lowest BCUT2D eigenvalue weighted by molar-refractivity contribution is 0.0705. The molecule has 1 N–H and O–H groups in total. The molecule has 1 aliphatic rings. The molecule has 1 fully saturated rings. The number of aromatic amines is 1. The van der Waals surface area contributed by atoms with Crippen molar-refractivity contribution >= 4 is 16.9 Å². The second-order valence-electron chi connectivity index (χ2n) is 8.56. The van der Waals surface area contributed by atoms with Crippen molar-refractivity contribution in [1.29, 1.82) is 0 Å². The zero-order valence-corrected chi connectivity index (χ0v) is 16.3. The largest absolute Gasteiger partial charge is 0.342 e. The van der Waals surface area contributed by atoms with Gasteiger partial charge in [0.15, 0.2) is 0 Å². The standard InChI is InChI=1S/C23H27N3O/c1-23(2,3)18-12-10-16(11-13-18)22(27)26-14-6-7-17(15-26)21-24-19-8-4-5-9-20(19)25-21/h4-5,8-13,17H,6-7,14-15H2,1-3H3,(H,24,25). The zero-order chi connectivity index (χ0) is 19.0. The van der Waals surface area contributed by atoms with Crippen LogP contribution in [-0.4, -0.2) is 33.9 Å². The number of benzene rings is 2. The van der Waals surface area contributed by atoms with Gasteiger partial charge in [-0.05, 0) is 48.1 Å². The van der Waals surface area contributed by atoms with Crippen LogP contribution in [-0.2, 0) is 5.41 Å². The summed E-state index contributed by atoms with van der Waals surface area (Å²) in [7, 11) is 0. The van der Waals surface area contributed by atoms with E-state index in [0.717, 1.165) is 48.4 Å². The second-order valence-corrected chi connectivity index (χ2v) is 8.56. The van der Waals surface area contributed by atoms with Crippen molar-refractivity contribution in [3.05, 3.63) is 65.5 Å². The highest BCUT2D eigenvalue weighted by Gasteiger charge is 2.27. The number of hydrogen-bond acceptors (Lipinski definition) is 2. The highest BCUT2D eigenvalue weighted by molar-refractivity contribution is 5.94. The number of hydrogen-bond donors (Lipinski definition) is 1. The third kappa shape index (κ3) is 3.61. The van der Waals surface area contributed by atoms with Gasteiger partial charge < -0.3 is 9.88 Å². The summed E-state index contributed by atoms with van der Waals surface area (Å²) in [5.74, 6) is 1.39. The van der Waals surface area contributed by atoms with Crippen LogP contribution in [0, 0.1) is 0 Å². The maximum Gasteiger partial charge on any atom is 0.253 e. The van der Waals surface area contributed by atoms with Gasteiger partial charge in [0.2, 0.25) is 0 Å². The molecule has 0 spiro atoms. The van der Waals surface area contributed by atoms with Gasteiger partial charge in [0, 0.05) is 24.6 Å². The summed E-state index contributed by atoms with van der Waals surface area (Å²) in [6.07, 6.45) is 2.07. The summed E-state index contributed by atoms with van der Waals surface area (Å²) in [6.45, 7) is 8.10. The lowest BCUT2D eigenvalue weighted by Gasteiger charge is -2.32. The first-order chi connectivity index (χ1) is 12.9. The van der Waals surface area contributed by atoms with Gasteiger partial charge in [-0.25, -0.2) is 4.98 Å². The summed E-state index contributed by atoms with van der Waals surface area (Å²) >= 11 is 0. The van der Waals surface area contributed by atoms with E-state index in [1.807, 2.05) is 41.3 Å². The number of imidazole rings is 1. The molecule has 2 heterocycles. The third-order valence-electron chi connectivity index (χ3n) is 5.50. The summed E-state index contributed by atoms with van der Waals surface area (Å²) < 4.78 is 0. The Morgan fingerprint density at radius 1 is 1.11 bits per heavy atom. The quantitative estimate of drug-likeness (QED) is 0.707. The van der Waals surface area contributed by atoms with Crippen molar-refractivity contribution in [3.63, 3.8) is 0 Å². The lowest BCUT2D eigenvalue weighted by atomic mass is 9.86. The summed E-state index contributed by atoms with van der Waals surface area (Å²) in [6, 6.07) is 16.2. The van der Waals surface area contributed by atoms with E-state index in [2.05, 4.69) is 37.9 Å². The van der Waals surface area contributed by atoms with E-state index in [-0.39, 0.29) is 17.2 Å². The van der Waals surface area contributed by atoms with Crippen molar-refractivity contribution in [2.24, 2.45) is 0 Å². The van der Waals surface area contributed by atoms with Gasteiger partial charge in [-0.3, -0.25) is 4.79 Å². The minimum atomic E-state index is 0.0963. The van der Waals surface area contributed by atoms with Crippen LogP contribution in [0.4, 0.5) is 0 Å². The number of para-hydroxylation sites is 2. The molecular weight excluding hydrogens is 334 g/mol. The number of nitrogens with one attached hydrogen (secondary N) is 1. The zero-order valence-electron chi connectivity index (χ0n) is 16.3. The molecule has 1 aromatic heterocycles. The molecule has 3 aromatic rings. The fourth-order valence-corrected chi connectivity index (χ4v) is 3.85. The Labute approximate surface area is 160 Å². The van der Waals surface area contributed by atoms with Crippen LogP contribution in [0.25, 0.3) is 11.0 Å². The van der Waals surface area contributed by atoms with Gasteiger partial charge in [0.25, 0.3) is 5.91 Å². The molecule has 0 aliphatic carbocycles. The molecule has 1 atom stereocenters. The van der Waals surface area contributed by atoms with Gasteiger partial charge in [0.1, 0.15) is 5.82 Å². The van der Waals surface area contributed by atoms with Crippen molar-refractivity contribution in [2.45, 2.75) is 44.9 Å². The predicted molar refractivity (Wildman–Crippen MR) is 109 cm³/mol. The van der Waals surface area contributed by atoms with E-state index in [0.29, 0.717) is 0 Å². The molecule has 140 valence electrons. The SMILES string of the molecule is CC(C)(C)c1ccc(C(=O)N2CCCC(c3nc4ccccc4[nH]3)C2)cc1. The molecule has 1 unspecified atom stereocenters. The van der Waals surface area contributed by atoms with Crippen molar-refractivity contribution < 1.29 is 4.79 Å². The first-order valence-electron chi connectivity index (χ1n) is 9.76. The van der Waals surface area contributed by atoms with Gasteiger partial charge in [-0.2, -0.15) is 0 Å².